The van der Waals surface area contributed by atoms with Gasteiger partial charge in [-0.25, -0.2) is 5.43 Å². The van der Waals surface area contributed by atoms with Crippen LogP contribution in [0.25, 0.3) is 0 Å². The second kappa shape index (κ2) is 8.89. The average Bonchev–Trinajstić information content (AvgIpc) is 3.25. The summed E-state index contributed by atoms with van der Waals surface area (Å²) < 4.78 is 4.76. The Labute approximate surface area is 192 Å². The molecule has 1 aliphatic rings. The molecule has 3 rings (SSSR count). The van der Waals surface area contributed by atoms with Gasteiger partial charge in [0.05, 0.1) is 27.9 Å². The third-order valence-corrected chi connectivity index (χ3v) is 7.48. The minimum atomic E-state index is -0.534. The Morgan fingerprint density at radius 2 is 1.83 bits per heavy atom. The Morgan fingerprint density at radius 3 is 2.43 bits per heavy atom. The second-order valence-corrected chi connectivity index (χ2v) is 11.3. The minimum Gasteiger partial charge on any atom is -0.497 e. The molecule has 1 aliphatic carbocycles. The molecule has 1 fully saturated rings. The highest BCUT2D eigenvalue weighted by atomic mass is 79.9. The van der Waals surface area contributed by atoms with Crippen molar-refractivity contribution in [3.05, 3.63) is 59.7 Å². The van der Waals surface area contributed by atoms with Crippen LogP contribution in [0, 0.1) is 5.41 Å². The van der Waals surface area contributed by atoms with Gasteiger partial charge in [0, 0.05) is 5.69 Å². The van der Waals surface area contributed by atoms with Crippen molar-refractivity contribution in [1.82, 2.24) is 5.43 Å². The summed E-state index contributed by atoms with van der Waals surface area (Å²) in [6, 6.07) is 14.7. The lowest BCUT2D eigenvalue weighted by Gasteiger charge is -2.11. The van der Waals surface area contributed by atoms with Crippen LogP contribution >= 0.6 is 31.9 Å². The molecule has 0 radical (unpaired) electrons. The molecule has 2 N–H and O–H groups in total. The van der Waals surface area contributed by atoms with Gasteiger partial charge in [0.1, 0.15) is 5.75 Å². The summed E-state index contributed by atoms with van der Waals surface area (Å²) >= 11 is 6.97. The number of hydrogen-bond donors (Lipinski definition) is 2. The molecular weight excluding hydrogens is 514 g/mol. The molecule has 30 heavy (non-hydrogen) atoms. The number of alkyl halides is 2. The van der Waals surface area contributed by atoms with Crippen molar-refractivity contribution in [2.45, 2.75) is 29.9 Å². The summed E-state index contributed by atoms with van der Waals surface area (Å²) in [5.41, 5.74) is 5.12. The number of nitrogens with zero attached hydrogens (tertiary/aromatic N) is 1. The van der Waals surface area contributed by atoms with E-state index in [1.54, 1.807) is 7.11 Å². The van der Waals surface area contributed by atoms with E-state index in [1.807, 2.05) is 62.4 Å². The monoisotopic (exact) mass is 535 g/mol. The number of benzene rings is 2. The van der Waals surface area contributed by atoms with Gasteiger partial charge in [0.15, 0.2) is 0 Å². The summed E-state index contributed by atoms with van der Waals surface area (Å²) in [4.78, 5) is 24.7. The molecule has 1 saturated carbocycles. The molecule has 0 aliphatic heterocycles. The largest absolute Gasteiger partial charge is 0.497 e. The van der Waals surface area contributed by atoms with Crippen molar-refractivity contribution >= 4 is 55.1 Å². The fourth-order valence-electron chi connectivity index (χ4n) is 2.92. The Hall–Kier alpha value is -2.19. The van der Waals surface area contributed by atoms with Gasteiger partial charge in [-0.3, -0.25) is 9.59 Å². The molecule has 6 nitrogen and oxygen atoms in total. The van der Waals surface area contributed by atoms with Crippen LogP contribution in [0.3, 0.4) is 0 Å². The van der Waals surface area contributed by atoms with Crippen LogP contribution in [-0.4, -0.2) is 27.9 Å². The standard InChI is InChI=1S/C22H23Br2N3O3/c1-14(26-27-20(29)21(2)13-22(21,23)24)16-5-4-6-17(12-16)25-19(28)11-15-7-9-18(30-3)10-8-15/h4-10,12H,11,13H2,1-3H3,(H,25,28)(H,27,29)/b26-14+. The summed E-state index contributed by atoms with van der Waals surface area (Å²) in [6.07, 6.45) is 0.951. The highest BCUT2D eigenvalue weighted by molar-refractivity contribution is 9.25. The van der Waals surface area contributed by atoms with Crippen LogP contribution in [0.4, 0.5) is 5.69 Å². The van der Waals surface area contributed by atoms with E-state index < -0.39 is 5.41 Å². The van der Waals surface area contributed by atoms with Gasteiger partial charge in [-0.2, -0.15) is 5.10 Å². The molecule has 158 valence electrons. The quantitative estimate of drug-likeness (QED) is 0.308. The SMILES string of the molecule is COc1ccc(CC(=O)Nc2cccc(/C(C)=N/NC(=O)C3(C)CC3(Br)Br)c2)cc1. The molecular formula is C22H23Br2N3O3. The summed E-state index contributed by atoms with van der Waals surface area (Å²) in [5.74, 6) is 0.481. The Bertz CT molecular complexity index is 989. The number of halogens is 2. The molecule has 2 aromatic carbocycles. The predicted octanol–water partition coefficient (Wildman–Crippen LogP) is 4.61. The van der Waals surface area contributed by atoms with E-state index in [2.05, 4.69) is 47.7 Å². The number of rotatable bonds is 7. The van der Waals surface area contributed by atoms with Crippen molar-refractivity contribution in [3.8, 4) is 5.75 Å². The fraction of sp³-hybridized carbons (Fsp3) is 0.318. The number of nitrogens with one attached hydrogen (secondary N) is 2. The zero-order valence-corrected chi connectivity index (χ0v) is 20.1. The van der Waals surface area contributed by atoms with Crippen LogP contribution in [0.1, 0.15) is 31.4 Å². The molecule has 1 atom stereocenters. The first-order valence-corrected chi connectivity index (χ1v) is 11.0. The first-order valence-electron chi connectivity index (χ1n) is 9.40. The molecule has 0 bridgehead atoms. The highest BCUT2D eigenvalue weighted by Gasteiger charge is 2.66. The lowest BCUT2D eigenvalue weighted by Crippen LogP contribution is -2.30. The van der Waals surface area contributed by atoms with Crippen molar-refractivity contribution < 1.29 is 14.3 Å². The van der Waals surface area contributed by atoms with Crippen LogP contribution < -0.4 is 15.5 Å². The number of hydrogen-bond acceptors (Lipinski definition) is 4. The van der Waals surface area contributed by atoms with Crippen LogP contribution in [0.5, 0.6) is 5.75 Å². The Kier molecular flexibility index (Phi) is 6.67. The zero-order chi connectivity index (χ0) is 21.9. The van der Waals surface area contributed by atoms with E-state index in [1.165, 1.54) is 0 Å². The first kappa shape index (κ1) is 22.5. The normalized spacial score (nSPS) is 19.7. The number of amides is 2. The smallest absolute Gasteiger partial charge is 0.248 e. The topological polar surface area (TPSA) is 79.8 Å². The van der Waals surface area contributed by atoms with Gasteiger partial charge in [0.2, 0.25) is 11.8 Å². The highest BCUT2D eigenvalue weighted by Crippen LogP contribution is 2.66. The van der Waals surface area contributed by atoms with Crippen molar-refractivity contribution in [1.29, 1.82) is 0 Å². The third-order valence-electron chi connectivity index (χ3n) is 5.17. The van der Waals surface area contributed by atoms with Crippen LogP contribution in [-0.2, 0) is 16.0 Å². The van der Waals surface area contributed by atoms with Gasteiger partial charge in [-0.1, -0.05) is 56.1 Å². The molecule has 0 saturated heterocycles. The second-order valence-electron chi connectivity index (χ2n) is 7.51. The van der Waals surface area contributed by atoms with Gasteiger partial charge >= 0.3 is 0 Å². The first-order chi connectivity index (χ1) is 14.1. The van der Waals surface area contributed by atoms with E-state index in [-0.39, 0.29) is 21.5 Å². The van der Waals surface area contributed by atoms with Crippen molar-refractivity contribution in [2.75, 3.05) is 12.4 Å². The summed E-state index contributed by atoms with van der Waals surface area (Å²) in [5, 5.41) is 7.12. The molecule has 0 aromatic heterocycles. The van der Waals surface area contributed by atoms with Gasteiger partial charge in [-0.05, 0) is 55.7 Å². The maximum absolute atomic E-state index is 12.4. The van der Waals surface area contributed by atoms with E-state index in [4.69, 9.17) is 4.74 Å². The number of carbonyl (C=O) groups excluding carboxylic acids is 2. The minimum absolute atomic E-state index is 0.118. The molecule has 8 heteroatoms. The lowest BCUT2D eigenvalue weighted by atomic mass is 10.1. The molecule has 1 unspecified atom stereocenters. The summed E-state index contributed by atoms with van der Waals surface area (Å²) in [7, 11) is 1.61. The van der Waals surface area contributed by atoms with Gasteiger partial charge < -0.3 is 10.1 Å². The number of hydrazone groups is 1. The average molecular weight is 537 g/mol. The lowest BCUT2D eigenvalue weighted by molar-refractivity contribution is -0.125. The maximum atomic E-state index is 12.4. The van der Waals surface area contributed by atoms with E-state index >= 15 is 0 Å². The number of anilines is 1. The maximum Gasteiger partial charge on any atom is 0.248 e. The van der Waals surface area contributed by atoms with E-state index in [9.17, 15) is 9.59 Å². The van der Waals surface area contributed by atoms with Crippen LogP contribution in [0.2, 0.25) is 0 Å². The van der Waals surface area contributed by atoms with Crippen molar-refractivity contribution in [3.63, 3.8) is 0 Å². The zero-order valence-electron chi connectivity index (χ0n) is 17.0. The Balaban J connectivity index is 1.60. The molecule has 0 spiro atoms. The van der Waals surface area contributed by atoms with Crippen molar-refractivity contribution in [2.24, 2.45) is 10.5 Å². The predicted molar refractivity (Wildman–Crippen MR) is 125 cm³/mol. The molecule has 2 aromatic rings. The van der Waals surface area contributed by atoms with E-state index in [0.29, 0.717) is 17.8 Å². The van der Waals surface area contributed by atoms with E-state index in [0.717, 1.165) is 16.9 Å². The summed E-state index contributed by atoms with van der Waals surface area (Å²) in [6.45, 7) is 3.68. The van der Waals surface area contributed by atoms with Gasteiger partial charge in [-0.15, -0.1) is 0 Å². The Morgan fingerprint density at radius 1 is 1.17 bits per heavy atom. The fourth-order valence-corrected chi connectivity index (χ4v) is 4.41. The third kappa shape index (κ3) is 5.10. The number of carbonyl (C=O) groups is 2. The number of ether oxygens (including phenoxy) is 1. The van der Waals surface area contributed by atoms with Gasteiger partial charge in [0.25, 0.3) is 0 Å². The number of methoxy groups -OCH3 is 1. The molecule has 2 amide bonds. The van der Waals surface area contributed by atoms with Crippen LogP contribution in [0.15, 0.2) is 53.6 Å². The molecule has 0 heterocycles.